The van der Waals surface area contributed by atoms with Gasteiger partial charge in [0.2, 0.25) is 0 Å². The maximum Gasteiger partial charge on any atom is 0.179 e. The molecule has 0 fully saturated rings. The number of ether oxygens (including phenoxy) is 1. The van der Waals surface area contributed by atoms with Crippen LogP contribution in [0.4, 0.5) is 22.9 Å². The highest BCUT2D eigenvalue weighted by molar-refractivity contribution is 6.51. The summed E-state index contributed by atoms with van der Waals surface area (Å²) >= 11 is 0. The van der Waals surface area contributed by atoms with Crippen LogP contribution in [0.5, 0.6) is 11.5 Å². The number of nitrogens with zero attached hydrogens (tertiary/aromatic N) is 5. The summed E-state index contributed by atoms with van der Waals surface area (Å²) < 4.78 is 7.80. The summed E-state index contributed by atoms with van der Waals surface area (Å²) in [5.74, 6) is 2.89. The van der Waals surface area contributed by atoms with Crippen LogP contribution in [0.1, 0.15) is 29.8 Å². The van der Waals surface area contributed by atoms with Crippen LogP contribution in [0.3, 0.4) is 0 Å². The third-order valence-corrected chi connectivity index (χ3v) is 7.26. The van der Waals surface area contributed by atoms with E-state index in [-0.39, 0.29) is 11.8 Å². The van der Waals surface area contributed by atoms with Crippen LogP contribution in [0.25, 0.3) is 5.69 Å². The number of hydrogen-bond acceptors (Lipinski definition) is 7. The van der Waals surface area contributed by atoms with E-state index in [4.69, 9.17) is 19.8 Å². The van der Waals surface area contributed by atoms with Crippen LogP contribution in [0.2, 0.25) is 0 Å². The number of aromatic hydroxyl groups is 1. The molecule has 2 N–H and O–H groups in total. The van der Waals surface area contributed by atoms with Gasteiger partial charge >= 0.3 is 0 Å². The number of aliphatic imine (C=N–C) groups is 2. The second kappa shape index (κ2) is 9.98. The molecule has 0 bridgehead atoms. The van der Waals surface area contributed by atoms with E-state index in [0.717, 1.165) is 51.1 Å². The van der Waals surface area contributed by atoms with Crippen molar-refractivity contribution in [2.45, 2.75) is 19.9 Å². The Bertz CT molecular complexity index is 1830. The van der Waals surface area contributed by atoms with Crippen molar-refractivity contribution in [3.05, 3.63) is 120 Å². The molecule has 1 aromatic heterocycles. The number of amidine groups is 2. The standard InChI is InChI=1S/C33H28N6O2/c1-3-41-28-19-10-8-17-26(28)35-31-33-36-32-29(21(2)37-39(32)23-13-5-4-6-14-23)30(22-12-11-15-24(40)20-22)38(33)27-18-9-7-16-25(27)34-31/h4-20,30,40H,3H2,1-2H3,(H,34,35). The zero-order valence-electron chi connectivity index (χ0n) is 22.7. The van der Waals surface area contributed by atoms with Gasteiger partial charge in [-0.15, -0.1) is 0 Å². The molecule has 0 radical (unpaired) electrons. The molecule has 3 heterocycles. The first kappa shape index (κ1) is 24.7. The van der Waals surface area contributed by atoms with Crippen LogP contribution < -0.4 is 15.0 Å². The van der Waals surface area contributed by atoms with Crippen LogP contribution >= 0.6 is 0 Å². The molecule has 2 aliphatic heterocycles. The first-order valence-corrected chi connectivity index (χ1v) is 13.6. The molecule has 5 aromatic rings. The third kappa shape index (κ3) is 4.21. The Balaban J connectivity index is 1.49. The van der Waals surface area contributed by atoms with Crippen molar-refractivity contribution >= 4 is 34.6 Å². The number of nitrogens with one attached hydrogen (secondary N) is 1. The fraction of sp³-hybridized carbons (Fsp3) is 0.121. The van der Waals surface area contributed by atoms with Crippen molar-refractivity contribution in [1.82, 2.24) is 9.78 Å². The van der Waals surface area contributed by atoms with Crippen LogP contribution in [-0.2, 0) is 0 Å². The highest BCUT2D eigenvalue weighted by atomic mass is 16.5. The van der Waals surface area contributed by atoms with Gasteiger partial charge < -0.3 is 20.1 Å². The van der Waals surface area contributed by atoms with Crippen molar-refractivity contribution in [3.8, 4) is 17.2 Å². The van der Waals surface area contributed by atoms with Crippen LogP contribution in [0.15, 0.2) is 113 Å². The number of benzene rings is 4. The van der Waals surface area contributed by atoms with E-state index in [0.29, 0.717) is 18.3 Å². The summed E-state index contributed by atoms with van der Waals surface area (Å²) in [6.45, 7) is 4.52. The summed E-state index contributed by atoms with van der Waals surface area (Å²) in [5, 5.41) is 19.0. The predicted octanol–water partition coefficient (Wildman–Crippen LogP) is 7.08. The third-order valence-electron chi connectivity index (χ3n) is 7.26. The first-order chi connectivity index (χ1) is 20.1. The molecule has 1 unspecified atom stereocenters. The lowest BCUT2D eigenvalue weighted by atomic mass is 9.93. The van der Waals surface area contributed by atoms with Crippen molar-refractivity contribution in [2.24, 2.45) is 9.98 Å². The molecule has 0 amide bonds. The van der Waals surface area contributed by atoms with Gasteiger partial charge in [0.15, 0.2) is 17.5 Å². The minimum Gasteiger partial charge on any atom is -0.508 e. The lowest BCUT2D eigenvalue weighted by molar-refractivity contribution is 0.342. The van der Waals surface area contributed by atoms with Gasteiger partial charge in [-0.2, -0.15) is 5.10 Å². The number of rotatable bonds is 5. The Morgan fingerprint density at radius 1 is 0.878 bits per heavy atom. The highest BCUT2D eigenvalue weighted by Crippen LogP contribution is 2.48. The molecule has 0 saturated carbocycles. The molecular formula is C33H28N6O2. The summed E-state index contributed by atoms with van der Waals surface area (Å²) in [4.78, 5) is 12.5. The van der Waals surface area contributed by atoms with Crippen molar-refractivity contribution < 1.29 is 9.84 Å². The fourth-order valence-corrected chi connectivity index (χ4v) is 5.54. The van der Waals surface area contributed by atoms with E-state index in [1.807, 2.05) is 110 Å². The number of aromatic nitrogens is 2. The number of para-hydroxylation sites is 5. The van der Waals surface area contributed by atoms with Crippen molar-refractivity contribution in [2.75, 3.05) is 16.8 Å². The summed E-state index contributed by atoms with van der Waals surface area (Å²) in [7, 11) is 0. The molecule has 1 atom stereocenters. The summed E-state index contributed by atoms with van der Waals surface area (Å²) in [5.41, 5.74) is 6.17. The largest absolute Gasteiger partial charge is 0.508 e. The molecule has 41 heavy (non-hydrogen) atoms. The maximum absolute atomic E-state index is 10.5. The second-order valence-electron chi connectivity index (χ2n) is 9.88. The molecule has 7 rings (SSSR count). The molecule has 0 spiro atoms. The molecule has 202 valence electrons. The predicted molar refractivity (Wildman–Crippen MR) is 163 cm³/mol. The molecule has 4 aromatic carbocycles. The number of hydrogen-bond donors (Lipinski definition) is 2. The second-order valence-corrected chi connectivity index (χ2v) is 9.88. The molecule has 2 aliphatic rings. The minimum absolute atomic E-state index is 0.198. The average molecular weight is 541 g/mol. The highest BCUT2D eigenvalue weighted by Gasteiger charge is 2.41. The smallest absolute Gasteiger partial charge is 0.179 e. The Labute approximate surface area is 237 Å². The number of phenols is 1. The minimum atomic E-state index is -0.322. The molecule has 8 nitrogen and oxygen atoms in total. The SMILES string of the molecule is CCOc1ccccc1NC1=Nc2ccccc2N2C1=Nc1c(c(C)nn1-c1ccccc1)C2c1cccc(O)c1. The Hall–Kier alpha value is -5.37. The fourth-order valence-electron chi connectivity index (χ4n) is 5.54. The lowest BCUT2D eigenvalue weighted by Crippen LogP contribution is -2.46. The van der Waals surface area contributed by atoms with E-state index in [1.165, 1.54) is 0 Å². The first-order valence-electron chi connectivity index (χ1n) is 13.6. The topological polar surface area (TPSA) is 87.3 Å². The van der Waals surface area contributed by atoms with Crippen molar-refractivity contribution in [3.63, 3.8) is 0 Å². The van der Waals surface area contributed by atoms with E-state index >= 15 is 0 Å². The maximum atomic E-state index is 10.5. The Morgan fingerprint density at radius 2 is 1.66 bits per heavy atom. The molecule has 0 aliphatic carbocycles. The van der Waals surface area contributed by atoms with E-state index in [1.54, 1.807) is 6.07 Å². The summed E-state index contributed by atoms with van der Waals surface area (Å²) in [6.07, 6.45) is 0. The zero-order chi connectivity index (χ0) is 27.9. The summed E-state index contributed by atoms with van der Waals surface area (Å²) in [6, 6.07) is 32.9. The van der Waals surface area contributed by atoms with Gasteiger partial charge in [0.1, 0.15) is 11.5 Å². The van der Waals surface area contributed by atoms with Gasteiger partial charge in [0.05, 0.1) is 41.1 Å². The monoisotopic (exact) mass is 540 g/mol. The van der Waals surface area contributed by atoms with Gasteiger partial charge in [-0.3, -0.25) is 0 Å². The molecule has 0 saturated heterocycles. The normalized spacial score (nSPS) is 15.3. The number of anilines is 2. The van der Waals surface area contributed by atoms with Gasteiger partial charge in [0, 0.05) is 5.56 Å². The van der Waals surface area contributed by atoms with Gasteiger partial charge in [-0.25, -0.2) is 14.7 Å². The van der Waals surface area contributed by atoms with E-state index < -0.39 is 0 Å². The van der Waals surface area contributed by atoms with Crippen molar-refractivity contribution in [1.29, 1.82) is 0 Å². The number of fused-ring (bicyclic) bond motifs is 4. The Kier molecular flexibility index (Phi) is 6.00. The molecule has 8 heteroatoms. The molecular weight excluding hydrogens is 512 g/mol. The number of aryl methyl sites for hydroxylation is 1. The van der Waals surface area contributed by atoms with Gasteiger partial charge in [-0.05, 0) is 67.9 Å². The van der Waals surface area contributed by atoms with Crippen LogP contribution in [-0.4, -0.2) is 33.2 Å². The Morgan fingerprint density at radius 3 is 2.49 bits per heavy atom. The van der Waals surface area contributed by atoms with Gasteiger partial charge in [0.25, 0.3) is 0 Å². The quantitative estimate of drug-likeness (QED) is 0.249. The zero-order valence-corrected chi connectivity index (χ0v) is 22.7. The lowest BCUT2D eigenvalue weighted by Gasteiger charge is -2.40. The van der Waals surface area contributed by atoms with Crippen LogP contribution in [0, 0.1) is 6.92 Å². The van der Waals surface area contributed by atoms with E-state index in [9.17, 15) is 5.11 Å². The number of phenolic OH excluding ortho intramolecular Hbond substituents is 1. The van der Waals surface area contributed by atoms with E-state index in [2.05, 4.69) is 16.3 Å². The average Bonchev–Trinajstić information content (AvgIpc) is 3.33. The van der Waals surface area contributed by atoms with Gasteiger partial charge in [-0.1, -0.05) is 54.6 Å².